The molecule has 9 heteroatoms. The average molecular weight is 445 g/mol. The molecule has 0 saturated carbocycles. The molecule has 0 radical (unpaired) electrons. The van der Waals surface area contributed by atoms with Gasteiger partial charge in [-0.2, -0.15) is 5.26 Å². The predicted octanol–water partition coefficient (Wildman–Crippen LogP) is 4.25. The third-order valence-electron chi connectivity index (χ3n) is 4.72. The van der Waals surface area contributed by atoms with Crippen LogP contribution in [0.25, 0.3) is 11.3 Å². The van der Waals surface area contributed by atoms with Crippen LogP contribution in [0.3, 0.4) is 0 Å². The van der Waals surface area contributed by atoms with Gasteiger partial charge in [0.25, 0.3) is 0 Å². The van der Waals surface area contributed by atoms with Gasteiger partial charge in [-0.25, -0.2) is 14.4 Å². The molecule has 30 heavy (non-hydrogen) atoms. The summed E-state index contributed by atoms with van der Waals surface area (Å²) in [5, 5.41) is 9.92. The van der Waals surface area contributed by atoms with Crippen molar-refractivity contribution in [3.8, 4) is 17.3 Å². The summed E-state index contributed by atoms with van der Waals surface area (Å²) in [4.78, 5) is 8.11. The smallest absolute Gasteiger partial charge is 0.226 e. The largest absolute Gasteiger partial charge is 0.368 e. The van der Waals surface area contributed by atoms with E-state index in [1.54, 1.807) is 36.4 Å². The van der Waals surface area contributed by atoms with E-state index in [4.69, 9.17) is 38.4 Å². The summed E-state index contributed by atoms with van der Waals surface area (Å²) in [5.41, 5.74) is 7.19. The molecule has 0 amide bonds. The van der Waals surface area contributed by atoms with E-state index < -0.39 is 17.7 Å². The highest BCUT2D eigenvalue weighted by Crippen LogP contribution is 2.46. The van der Waals surface area contributed by atoms with Gasteiger partial charge >= 0.3 is 0 Å². The van der Waals surface area contributed by atoms with E-state index in [0.717, 1.165) is 0 Å². The number of nitrogens with zero attached hydrogens (tertiary/aromatic N) is 3. The molecule has 2 aromatic carbocycles. The Morgan fingerprint density at radius 2 is 2.07 bits per heavy atom. The molecule has 2 atom stereocenters. The number of benzene rings is 2. The van der Waals surface area contributed by atoms with Crippen LogP contribution in [-0.2, 0) is 15.3 Å². The maximum absolute atomic E-state index is 14.9. The summed E-state index contributed by atoms with van der Waals surface area (Å²) in [6, 6.07) is 13.0. The number of rotatable bonds is 4. The van der Waals surface area contributed by atoms with Crippen molar-refractivity contribution in [2.24, 2.45) is 0 Å². The fraction of sp³-hybridized carbons (Fsp3) is 0.190. The van der Waals surface area contributed by atoms with Crippen molar-refractivity contribution in [2.45, 2.75) is 11.9 Å². The molecule has 6 nitrogen and oxygen atoms in total. The Morgan fingerprint density at radius 3 is 2.77 bits per heavy atom. The first-order valence-corrected chi connectivity index (χ1v) is 9.85. The summed E-state index contributed by atoms with van der Waals surface area (Å²) < 4.78 is 27.1. The fourth-order valence-electron chi connectivity index (χ4n) is 3.42. The second kappa shape index (κ2) is 8.17. The molecule has 2 N–H and O–H groups in total. The number of alkyl halides is 1. The first kappa shape index (κ1) is 20.5. The summed E-state index contributed by atoms with van der Waals surface area (Å²) in [6.45, 7) is 0.140. The first-order valence-electron chi connectivity index (χ1n) is 8.94. The fourth-order valence-corrected chi connectivity index (χ4v) is 3.75. The van der Waals surface area contributed by atoms with Crippen LogP contribution < -0.4 is 5.73 Å². The topological polar surface area (TPSA) is 94.1 Å². The average Bonchev–Trinajstić information content (AvgIpc) is 3.19. The zero-order valence-corrected chi connectivity index (χ0v) is 17.0. The number of hydrogen-bond donors (Lipinski definition) is 1. The van der Waals surface area contributed by atoms with Crippen molar-refractivity contribution >= 4 is 29.2 Å². The summed E-state index contributed by atoms with van der Waals surface area (Å²) in [7, 11) is 0. The van der Waals surface area contributed by atoms with Gasteiger partial charge in [0.05, 0.1) is 41.6 Å². The number of nitriles is 1. The third kappa shape index (κ3) is 3.48. The Balaban J connectivity index is 2.03. The highest BCUT2D eigenvalue weighted by molar-refractivity contribution is 6.30. The van der Waals surface area contributed by atoms with Crippen LogP contribution in [0.15, 0.2) is 48.7 Å². The van der Waals surface area contributed by atoms with Gasteiger partial charge in [0, 0.05) is 16.1 Å². The Hall–Kier alpha value is -2.76. The quantitative estimate of drug-likeness (QED) is 0.604. The molecule has 1 aliphatic heterocycles. The lowest BCUT2D eigenvalue weighted by molar-refractivity contribution is -0.141. The maximum Gasteiger partial charge on any atom is 0.226 e. The highest BCUT2D eigenvalue weighted by atomic mass is 35.5. The van der Waals surface area contributed by atoms with Crippen molar-refractivity contribution in [2.75, 3.05) is 18.2 Å². The second-order valence-electron chi connectivity index (χ2n) is 6.59. The van der Waals surface area contributed by atoms with Crippen molar-refractivity contribution in [1.29, 1.82) is 5.26 Å². The number of ether oxygens (including phenoxy) is 2. The molecule has 0 bridgehead atoms. The zero-order chi connectivity index (χ0) is 21.3. The van der Waals surface area contributed by atoms with Gasteiger partial charge in [-0.15, -0.1) is 11.6 Å². The number of nitrogens with two attached hydrogens (primary N) is 1. The van der Waals surface area contributed by atoms with Gasteiger partial charge in [0.1, 0.15) is 11.9 Å². The van der Waals surface area contributed by atoms with E-state index in [2.05, 4.69) is 9.97 Å². The summed E-state index contributed by atoms with van der Waals surface area (Å²) in [6.07, 6.45) is 0.841. The van der Waals surface area contributed by atoms with Gasteiger partial charge in [0.15, 0.2) is 0 Å². The number of nitrogen functional groups attached to an aromatic ring is 1. The van der Waals surface area contributed by atoms with Gasteiger partial charge in [-0.1, -0.05) is 35.9 Å². The van der Waals surface area contributed by atoms with E-state index in [0.29, 0.717) is 16.1 Å². The van der Waals surface area contributed by atoms with Gasteiger partial charge in [0.2, 0.25) is 11.7 Å². The lowest BCUT2D eigenvalue weighted by Gasteiger charge is -2.31. The van der Waals surface area contributed by atoms with Crippen LogP contribution >= 0.6 is 23.2 Å². The lowest BCUT2D eigenvalue weighted by Crippen LogP contribution is -2.32. The van der Waals surface area contributed by atoms with Gasteiger partial charge in [-0.3, -0.25) is 0 Å². The zero-order valence-electron chi connectivity index (χ0n) is 15.5. The lowest BCUT2D eigenvalue weighted by atomic mass is 9.90. The Kier molecular flexibility index (Phi) is 5.58. The van der Waals surface area contributed by atoms with Crippen LogP contribution in [-0.4, -0.2) is 28.6 Å². The van der Waals surface area contributed by atoms with Crippen LogP contribution in [0.5, 0.6) is 0 Å². The van der Waals surface area contributed by atoms with Crippen molar-refractivity contribution in [1.82, 2.24) is 9.97 Å². The Morgan fingerprint density at radius 1 is 1.27 bits per heavy atom. The molecule has 0 aliphatic carbocycles. The molecule has 1 saturated heterocycles. The van der Waals surface area contributed by atoms with Crippen molar-refractivity contribution < 1.29 is 13.9 Å². The van der Waals surface area contributed by atoms with Gasteiger partial charge in [-0.05, 0) is 18.2 Å². The molecule has 1 aromatic heterocycles. The minimum absolute atomic E-state index is 0.0169. The van der Waals surface area contributed by atoms with E-state index in [1.165, 1.54) is 12.3 Å². The number of anilines is 1. The van der Waals surface area contributed by atoms with E-state index in [9.17, 15) is 9.65 Å². The standard InChI is InChI=1S/C21H15Cl2FN4O2/c22-8-14-11-29-21(30-14,16-3-1-2-4-18(16)24)17-7-13(23)5-6-15(17)19-12(9-25)10-27-20(26)28-19/h1-7,10,14H,8,11H2,(H2,26,27,28). The highest BCUT2D eigenvalue weighted by Gasteiger charge is 2.48. The molecule has 1 aliphatic rings. The monoisotopic (exact) mass is 444 g/mol. The molecular formula is C21H15Cl2FN4O2. The molecular weight excluding hydrogens is 430 g/mol. The van der Waals surface area contributed by atoms with E-state index >= 15 is 0 Å². The minimum Gasteiger partial charge on any atom is -0.368 e. The van der Waals surface area contributed by atoms with Crippen LogP contribution in [0.1, 0.15) is 16.7 Å². The van der Waals surface area contributed by atoms with Crippen LogP contribution in [0, 0.1) is 17.1 Å². The molecule has 1 fully saturated rings. The maximum atomic E-state index is 14.9. The molecule has 3 aromatic rings. The number of halogens is 3. The molecule has 4 rings (SSSR count). The van der Waals surface area contributed by atoms with Gasteiger partial charge < -0.3 is 15.2 Å². The van der Waals surface area contributed by atoms with Crippen LogP contribution in [0.4, 0.5) is 10.3 Å². The molecule has 2 unspecified atom stereocenters. The summed E-state index contributed by atoms with van der Waals surface area (Å²) in [5.74, 6) is -2.04. The predicted molar refractivity (Wildman–Crippen MR) is 110 cm³/mol. The minimum atomic E-state index is -1.64. The second-order valence-corrected chi connectivity index (χ2v) is 7.34. The molecule has 0 spiro atoms. The first-order chi connectivity index (χ1) is 14.5. The molecule has 152 valence electrons. The van der Waals surface area contributed by atoms with Crippen molar-refractivity contribution in [3.05, 3.63) is 76.2 Å². The van der Waals surface area contributed by atoms with E-state index in [-0.39, 0.29) is 35.3 Å². The third-order valence-corrected chi connectivity index (χ3v) is 5.30. The molecule has 2 heterocycles. The van der Waals surface area contributed by atoms with Crippen LogP contribution in [0.2, 0.25) is 5.02 Å². The summed E-state index contributed by atoms with van der Waals surface area (Å²) >= 11 is 12.3. The number of hydrogen-bond acceptors (Lipinski definition) is 6. The Labute approximate surface area is 182 Å². The number of aromatic nitrogens is 2. The van der Waals surface area contributed by atoms with E-state index in [1.807, 2.05) is 6.07 Å². The van der Waals surface area contributed by atoms with Crippen molar-refractivity contribution in [3.63, 3.8) is 0 Å². The SMILES string of the molecule is N#Cc1cnc(N)nc1-c1ccc(Cl)cc1C1(c2ccccc2F)OCC(CCl)O1. The Bertz CT molecular complexity index is 1150. The normalized spacial score (nSPS) is 20.8.